The van der Waals surface area contributed by atoms with Gasteiger partial charge in [-0.15, -0.1) is 0 Å². The Balaban J connectivity index is 1.88. The van der Waals surface area contributed by atoms with Crippen LogP contribution in [0.15, 0.2) is 0 Å². The molecule has 0 spiro atoms. The molecule has 1 heterocycles. The molecule has 108 valence electrons. The summed E-state index contributed by atoms with van der Waals surface area (Å²) in [5.41, 5.74) is 0. The molecule has 0 bridgehead atoms. The number of nitrogens with zero attached hydrogens (tertiary/aromatic N) is 1. The minimum atomic E-state index is 0.476. The van der Waals surface area contributed by atoms with Crippen molar-refractivity contribution in [3.8, 4) is 0 Å². The molecular weight excluding hydrogens is 228 g/mol. The van der Waals surface area contributed by atoms with Crippen LogP contribution in [-0.2, 0) is 9.47 Å². The molecule has 0 saturated carbocycles. The maximum absolute atomic E-state index is 5.75. The van der Waals surface area contributed by atoms with E-state index in [4.69, 9.17) is 9.47 Å². The van der Waals surface area contributed by atoms with Crippen LogP contribution >= 0.6 is 0 Å². The van der Waals surface area contributed by atoms with Crippen molar-refractivity contribution in [2.75, 3.05) is 53.6 Å². The van der Waals surface area contributed by atoms with Gasteiger partial charge in [0.15, 0.2) is 0 Å². The number of unbranched alkanes of at least 4 members (excludes halogenated alkanes) is 1. The van der Waals surface area contributed by atoms with Crippen LogP contribution in [0.25, 0.3) is 0 Å². The average Bonchev–Trinajstić information content (AvgIpc) is 2.39. The van der Waals surface area contributed by atoms with E-state index in [2.05, 4.69) is 17.3 Å². The fourth-order valence-electron chi connectivity index (χ4n) is 2.32. The number of hydrogen-bond acceptors (Lipinski definition) is 4. The van der Waals surface area contributed by atoms with E-state index in [-0.39, 0.29) is 0 Å². The van der Waals surface area contributed by atoms with Gasteiger partial charge >= 0.3 is 0 Å². The number of rotatable bonds is 10. The lowest BCUT2D eigenvalue weighted by molar-refractivity contribution is -0.00158. The molecule has 1 N–H and O–H groups in total. The summed E-state index contributed by atoms with van der Waals surface area (Å²) in [5.74, 6) is 0. The van der Waals surface area contributed by atoms with Gasteiger partial charge in [-0.05, 0) is 52.2 Å². The van der Waals surface area contributed by atoms with E-state index in [1.165, 1.54) is 38.6 Å². The highest BCUT2D eigenvalue weighted by molar-refractivity contribution is 4.67. The molecule has 1 rings (SSSR count). The van der Waals surface area contributed by atoms with Gasteiger partial charge in [-0.25, -0.2) is 0 Å². The van der Waals surface area contributed by atoms with Gasteiger partial charge in [0.05, 0.1) is 12.7 Å². The fourth-order valence-corrected chi connectivity index (χ4v) is 2.32. The van der Waals surface area contributed by atoms with Crippen molar-refractivity contribution in [1.82, 2.24) is 10.2 Å². The number of likely N-dealkylation sites (N-methyl/N-ethyl adjacent to an activating group) is 1. The minimum absolute atomic E-state index is 0.476. The van der Waals surface area contributed by atoms with Gasteiger partial charge in [-0.2, -0.15) is 0 Å². The predicted molar refractivity (Wildman–Crippen MR) is 75.1 cm³/mol. The van der Waals surface area contributed by atoms with E-state index in [1.54, 1.807) is 7.11 Å². The van der Waals surface area contributed by atoms with E-state index < -0.39 is 0 Å². The summed E-state index contributed by atoms with van der Waals surface area (Å²) in [6.45, 7) is 6.09. The smallest absolute Gasteiger partial charge is 0.0701 e. The van der Waals surface area contributed by atoms with Crippen molar-refractivity contribution in [1.29, 1.82) is 0 Å². The quantitative estimate of drug-likeness (QED) is 0.602. The topological polar surface area (TPSA) is 33.7 Å². The Morgan fingerprint density at radius 3 is 2.89 bits per heavy atom. The fraction of sp³-hybridized carbons (Fsp3) is 1.00. The highest BCUT2D eigenvalue weighted by Crippen LogP contribution is 2.13. The first-order valence-electron chi connectivity index (χ1n) is 7.32. The second-order valence-corrected chi connectivity index (χ2v) is 5.20. The zero-order valence-electron chi connectivity index (χ0n) is 12.1. The van der Waals surface area contributed by atoms with Gasteiger partial charge in [-0.3, -0.25) is 0 Å². The lowest BCUT2D eigenvalue weighted by Gasteiger charge is -2.27. The Morgan fingerprint density at radius 1 is 1.28 bits per heavy atom. The number of ether oxygens (including phenoxy) is 2. The third-order valence-corrected chi connectivity index (χ3v) is 3.42. The third-order valence-electron chi connectivity index (χ3n) is 3.42. The molecule has 4 heteroatoms. The molecule has 1 saturated heterocycles. The highest BCUT2D eigenvalue weighted by atomic mass is 16.5. The Morgan fingerprint density at radius 2 is 2.17 bits per heavy atom. The summed E-state index contributed by atoms with van der Waals surface area (Å²) in [6.07, 6.45) is 6.78. The summed E-state index contributed by atoms with van der Waals surface area (Å²) in [6, 6.07) is 0. The first-order chi connectivity index (χ1) is 8.83. The van der Waals surface area contributed by atoms with Gasteiger partial charge in [-0.1, -0.05) is 0 Å². The van der Waals surface area contributed by atoms with E-state index in [0.29, 0.717) is 6.10 Å². The standard InChI is InChI=1S/C14H30N2O2/c1-16(13-14-7-3-6-11-18-14)10-5-4-8-15-9-12-17-2/h14-15H,3-13H2,1-2H3. The van der Waals surface area contributed by atoms with Gasteiger partial charge < -0.3 is 19.7 Å². The van der Waals surface area contributed by atoms with Gasteiger partial charge in [0.25, 0.3) is 0 Å². The molecule has 0 radical (unpaired) electrons. The van der Waals surface area contributed by atoms with Crippen molar-refractivity contribution in [3.63, 3.8) is 0 Å². The third kappa shape index (κ3) is 8.03. The lowest BCUT2D eigenvalue weighted by Crippen LogP contribution is -2.34. The average molecular weight is 258 g/mol. The molecule has 4 nitrogen and oxygen atoms in total. The molecule has 0 aromatic rings. The van der Waals surface area contributed by atoms with Crippen LogP contribution in [0.1, 0.15) is 32.1 Å². The second kappa shape index (κ2) is 10.7. The molecular formula is C14H30N2O2. The maximum Gasteiger partial charge on any atom is 0.0701 e. The van der Waals surface area contributed by atoms with Gasteiger partial charge in [0.1, 0.15) is 0 Å². The maximum atomic E-state index is 5.75. The Kier molecular flexibility index (Phi) is 9.48. The van der Waals surface area contributed by atoms with Crippen molar-refractivity contribution in [3.05, 3.63) is 0 Å². The van der Waals surface area contributed by atoms with Crippen LogP contribution in [0.3, 0.4) is 0 Å². The zero-order chi connectivity index (χ0) is 13.1. The monoisotopic (exact) mass is 258 g/mol. The number of nitrogens with one attached hydrogen (secondary N) is 1. The zero-order valence-corrected chi connectivity index (χ0v) is 12.1. The Labute approximate surface area is 112 Å². The van der Waals surface area contributed by atoms with E-state index in [9.17, 15) is 0 Å². The molecule has 0 aromatic carbocycles. The van der Waals surface area contributed by atoms with Gasteiger partial charge in [0.2, 0.25) is 0 Å². The van der Waals surface area contributed by atoms with Crippen LogP contribution in [0, 0.1) is 0 Å². The molecule has 1 atom stereocenters. The molecule has 1 aliphatic heterocycles. The first kappa shape index (κ1) is 15.9. The summed E-state index contributed by atoms with van der Waals surface area (Å²) in [4.78, 5) is 2.41. The summed E-state index contributed by atoms with van der Waals surface area (Å²) in [5, 5.41) is 3.37. The van der Waals surface area contributed by atoms with Crippen molar-refractivity contribution >= 4 is 0 Å². The highest BCUT2D eigenvalue weighted by Gasteiger charge is 2.15. The molecule has 1 aliphatic rings. The van der Waals surface area contributed by atoms with Crippen LogP contribution in [0.5, 0.6) is 0 Å². The van der Waals surface area contributed by atoms with Crippen LogP contribution in [0.4, 0.5) is 0 Å². The number of hydrogen-bond donors (Lipinski definition) is 1. The van der Waals surface area contributed by atoms with Crippen LogP contribution in [-0.4, -0.2) is 64.6 Å². The van der Waals surface area contributed by atoms with Crippen LogP contribution in [0.2, 0.25) is 0 Å². The molecule has 0 aromatic heterocycles. The Hall–Kier alpha value is -0.160. The van der Waals surface area contributed by atoms with Crippen molar-refractivity contribution in [2.45, 2.75) is 38.2 Å². The summed E-state index contributed by atoms with van der Waals surface area (Å²) in [7, 11) is 3.94. The molecule has 1 fully saturated rings. The largest absolute Gasteiger partial charge is 0.383 e. The normalized spacial score (nSPS) is 20.5. The van der Waals surface area contributed by atoms with Gasteiger partial charge in [0, 0.05) is 26.8 Å². The lowest BCUT2D eigenvalue weighted by atomic mass is 10.1. The van der Waals surface area contributed by atoms with E-state index in [0.717, 1.165) is 32.8 Å². The van der Waals surface area contributed by atoms with E-state index >= 15 is 0 Å². The molecule has 0 aliphatic carbocycles. The Bertz CT molecular complexity index is 185. The molecule has 1 unspecified atom stereocenters. The minimum Gasteiger partial charge on any atom is -0.383 e. The predicted octanol–water partition coefficient (Wildman–Crippen LogP) is 1.50. The van der Waals surface area contributed by atoms with Crippen molar-refractivity contribution < 1.29 is 9.47 Å². The summed E-state index contributed by atoms with van der Waals surface area (Å²) < 4.78 is 10.7. The van der Waals surface area contributed by atoms with Crippen LogP contribution < -0.4 is 5.32 Å². The number of methoxy groups -OCH3 is 1. The van der Waals surface area contributed by atoms with Crippen molar-refractivity contribution in [2.24, 2.45) is 0 Å². The molecule has 18 heavy (non-hydrogen) atoms. The SMILES string of the molecule is COCCNCCCCN(C)CC1CCCCO1. The first-order valence-corrected chi connectivity index (χ1v) is 7.32. The second-order valence-electron chi connectivity index (χ2n) is 5.20. The van der Waals surface area contributed by atoms with E-state index in [1.807, 2.05) is 0 Å². The molecule has 0 amide bonds. The summed E-state index contributed by atoms with van der Waals surface area (Å²) >= 11 is 0.